The third-order valence-electron chi connectivity index (χ3n) is 3.36. The monoisotopic (exact) mass is 272 g/mol. The molecule has 1 N–H and O–H groups in total. The molecule has 4 heteroatoms. The van der Waals surface area contributed by atoms with Crippen molar-refractivity contribution < 1.29 is 9.18 Å². The van der Waals surface area contributed by atoms with E-state index >= 15 is 0 Å². The van der Waals surface area contributed by atoms with E-state index in [4.69, 9.17) is 0 Å². The van der Waals surface area contributed by atoms with Gasteiger partial charge in [-0.15, -0.1) is 0 Å². The maximum Gasteiger partial charge on any atom is 0.260 e. The van der Waals surface area contributed by atoms with Crippen molar-refractivity contribution in [3.63, 3.8) is 0 Å². The first-order valence-electron chi connectivity index (χ1n) is 6.64. The lowest BCUT2D eigenvalue weighted by atomic mass is 9.97. The predicted molar refractivity (Wildman–Crippen MR) is 77.3 cm³/mol. The second kappa shape index (κ2) is 6.28. The van der Waals surface area contributed by atoms with Crippen LogP contribution in [0.4, 0.5) is 10.1 Å². The molecule has 0 aliphatic rings. The van der Waals surface area contributed by atoms with Crippen LogP contribution in [0.5, 0.6) is 0 Å². The standard InChI is InChI=1S/C16H17FN2O/c1-3-11(2)12-7-4-5-9-14(12)19-16(20)13-8-6-10-18-15(13)17/h4-11H,3H2,1-2H3,(H,19,20). The number of rotatable bonds is 4. The van der Waals surface area contributed by atoms with Gasteiger partial charge < -0.3 is 5.32 Å². The molecule has 1 atom stereocenters. The number of hydrogen-bond donors (Lipinski definition) is 1. The fourth-order valence-corrected chi connectivity index (χ4v) is 2.01. The molecule has 1 aromatic heterocycles. The van der Waals surface area contributed by atoms with Crippen LogP contribution in [-0.4, -0.2) is 10.9 Å². The first-order valence-corrected chi connectivity index (χ1v) is 6.64. The summed E-state index contributed by atoms with van der Waals surface area (Å²) in [6.45, 7) is 4.18. The third-order valence-corrected chi connectivity index (χ3v) is 3.36. The van der Waals surface area contributed by atoms with Crippen molar-refractivity contribution in [1.29, 1.82) is 0 Å². The van der Waals surface area contributed by atoms with E-state index in [2.05, 4.69) is 24.1 Å². The Morgan fingerprint density at radius 1 is 1.30 bits per heavy atom. The number of anilines is 1. The number of benzene rings is 1. The second-order valence-corrected chi connectivity index (χ2v) is 4.69. The second-order valence-electron chi connectivity index (χ2n) is 4.69. The van der Waals surface area contributed by atoms with E-state index in [9.17, 15) is 9.18 Å². The van der Waals surface area contributed by atoms with Crippen molar-refractivity contribution in [2.24, 2.45) is 0 Å². The van der Waals surface area contributed by atoms with Gasteiger partial charge in [-0.3, -0.25) is 4.79 Å². The fourth-order valence-electron chi connectivity index (χ4n) is 2.01. The quantitative estimate of drug-likeness (QED) is 0.855. The zero-order valence-corrected chi connectivity index (χ0v) is 11.6. The Bertz CT molecular complexity index is 613. The average molecular weight is 272 g/mol. The normalized spacial score (nSPS) is 11.9. The number of carbonyl (C=O) groups is 1. The maximum absolute atomic E-state index is 13.5. The number of para-hydroxylation sites is 1. The minimum atomic E-state index is -0.758. The van der Waals surface area contributed by atoms with Crippen LogP contribution < -0.4 is 5.32 Å². The molecular weight excluding hydrogens is 255 g/mol. The van der Waals surface area contributed by atoms with Gasteiger partial charge in [0.05, 0.1) is 5.56 Å². The van der Waals surface area contributed by atoms with Crippen LogP contribution >= 0.6 is 0 Å². The molecular formula is C16H17FN2O. The van der Waals surface area contributed by atoms with Crippen LogP contribution in [0.3, 0.4) is 0 Å². The number of nitrogens with zero attached hydrogens (tertiary/aromatic N) is 1. The molecule has 0 fully saturated rings. The van der Waals surface area contributed by atoms with E-state index in [0.29, 0.717) is 5.92 Å². The van der Waals surface area contributed by atoms with Crippen molar-refractivity contribution in [2.75, 3.05) is 5.32 Å². The number of hydrogen-bond acceptors (Lipinski definition) is 2. The van der Waals surface area contributed by atoms with Gasteiger partial charge in [0.25, 0.3) is 5.91 Å². The number of halogens is 1. The van der Waals surface area contributed by atoms with Gasteiger partial charge in [-0.1, -0.05) is 32.0 Å². The summed E-state index contributed by atoms with van der Waals surface area (Å²) < 4.78 is 13.5. The van der Waals surface area contributed by atoms with Crippen LogP contribution in [0.25, 0.3) is 0 Å². The van der Waals surface area contributed by atoms with Crippen LogP contribution in [0.15, 0.2) is 42.6 Å². The van der Waals surface area contributed by atoms with Gasteiger partial charge in [-0.25, -0.2) is 4.98 Å². The first kappa shape index (κ1) is 14.2. The molecule has 0 aliphatic carbocycles. The molecule has 0 bridgehead atoms. The molecule has 2 aromatic rings. The van der Waals surface area contributed by atoms with E-state index in [1.807, 2.05) is 24.3 Å². The summed E-state index contributed by atoms with van der Waals surface area (Å²) in [6, 6.07) is 10.5. The Hall–Kier alpha value is -2.23. The summed E-state index contributed by atoms with van der Waals surface area (Å²) in [7, 11) is 0. The summed E-state index contributed by atoms with van der Waals surface area (Å²) in [4.78, 5) is 15.6. The largest absolute Gasteiger partial charge is 0.322 e. The Balaban J connectivity index is 2.27. The number of nitrogens with one attached hydrogen (secondary N) is 1. The molecule has 1 amide bonds. The molecule has 1 heterocycles. The SMILES string of the molecule is CCC(C)c1ccccc1NC(=O)c1cccnc1F. The highest BCUT2D eigenvalue weighted by Gasteiger charge is 2.15. The van der Waals surface area contributed by atoms with Gasteiger partial charge in [0.15, 0.2) is 0 Å². The van der Waals surface area contributed by atoms with E-state index in [1.165, 1.54) is 12.3 Å². The molecule has 0 spiro atoms. The van der Waals surface area contributed by atoms with Gasteiger partial charge in [-0.05, 0) is 36.1 Å². The summed E-state index contributed by atoms with van der Waals surface area (Å²) >= 11 is 0. The summed E-state index contributed by atoms with van der Waals surface area (Å²) in [6.07, 6.45) is 2.29. The molecule has 0 aliphatic heterocycles. The molecule has 0 saturated heterocycles. The van der Waals surface area contributed by atoms with Crippen molar-refractivity contribution in [3.8, 4) is 0 Å². The molecule has 1 unspecified atom stereocenters. The molecule has 1 aromatic carbocycles. The van der Waals surface area contributed by atoms with Crippen molar-refractivity contribution in [2.45, 2.75) is 26.2 Å². The average Bonchev–Trinajstić information content (AvgIpc) is 2.47. The lowest BCUT2D eigenvalue weighted by molar-refractivity contribution is 0.102. The van der Waals surface area contributed by atoms with Crippen LogP contribution in [0.1, 0.15) is 42.1 Å². The van der Waals surface area contributed by atoms with Gasteiger partial charge in [0.2, 0.25) is 5.95 Å². The first-order chi connectivity index (χ1) is 9.63. The smallest absolute Gasteiger partial charge is 0.260 e. The lowest BCUT2D eigenvalue weighted by Gasteiger charge is -2.15. The Labute approximate surface area is 117 Å². The van der Waals surface area contributed by atoms with Crippen molar-refractivity contribution >= 4 is 11.6 Å². The van der Waals surface area contributed by atoms with E-state index in [0.717, 1.165) is 17.7 Å². The van der Waals surface area contributed by atoms with Gasteiger partial charge in [0, 0.05) is 11.9 Å². The third kappa shape index (κ3) is 3.02. The van der Waals surface area contributed by atoms with Gasteiger partial charge in [-0.2, -0.15) is 4.39 Å². The molecule has 3 nitrogen and oxygen atoms in total. The Morgan fingerprint density at radius 3 is 2.75 bits per heavy atom. The summed E-state index contributed by atoms with van der Waals surface area (Å²) in [5.74, 6) is -0.914. The van der Waals surface area contributed by atoms with Crippen LogP contribution in [0.2, 0.25) is 0 Å². The summed E-state index contributed by atoms with van der Waals surface area (Å²) in [5, 5.41) is 2.76. The molecule has 104 valence electrons. The van der Waals surface area contributed by atoms with Gasteiger partial charge >= 0.3 is 0 Å². The van der Waals surface area contributed by atoms with Crippen LogP contribution in [0, 0.1) is 5.95 Å². The minimum Gasteiger partial charge on any atom is -0.322 e. The van der Waals surface area contributed by atoms with Gasteiger partial charge in [0.1, 0.15) is 0 Å². The van der Waals surface area contributed by atoms with E-state index < -0.39 is 11.9 Å². The lowest BCUT2D eigenvalue weighted by Crippen LogP contribution is -2.16. The molecule has 2 rings (SSSR count). The highest BCUT2D eigenvalue weighted by Crippen LogP contribution is 2.26. The van der Waals surface area contributed by atoms with E-state index in [-0.39, 0.29) is 5.56 Å². The molecule has 0 saturated carbocycles. The predicted octanol–water partition coefficient (Wildman–Crippen LogP) is 3.99. The van der Waals surface area contributed by atoms with Crippen molar-refractivity contribution in [1.82, 2.24) is 4.98 Å². The Morgan fingerprint density at radius 2 is 2.05 bits per heavy atom. The number of carbonyl (C=O) groups excluding carboxylic acids is 1. The van der Waals surface area contributed by atoms with Crippen LogP contribution in [-0.2, 0) is 0 Å². The Kier molecular flexibility index (Phi) is 4.45. The summed E-state index contributed by atoms with van der Waals surface area (Å²) in [5.41, 5.74) is 1.72. The molecule has 20 heavy (non-hydrogen) atoms. The maximum atomic E-state index is 13.5. The number of pyridine rings is 1. The minimum absolute atomic E-state index is 0.0496. The highest BCUT2D eigenvalue weighted by molar-refractivity contribution is 6.04. The number of aromatic nitrogens is 1. The zero-order valence-electron chi connectivity index (χ0n) is 11.6. The topological polar surface area (TPSA) is 42.0 Å². The van der Waals surface area contributed by atoms with E-state index in [1.54, 1.807) is 6.07 Å². The highest BCUT2D eigenvalue weighted by atomic mass is 19.1. The van der Waals surface area contributed by atoms with Crippen molar-refractivity contribution in [3.05, 3.63) is 59.7 Å². The molecule has 0 radical (unpaired) electrons. The zero-order chi connectivity index (χ0) is 14.5. The fraction of sp³-hybridized carbons (Fsp3) is 0.250. The number of amides is 1.